The van der Waals surface area contributed by atoms with Crippen LogP contribution in [0.2, 0.25) is 5.02 Å². The predicted octanol–water partition coefficient (Wildman–Crippen LogP) is 4.63. The Bertz CT molecular complexity index is 1010. The molecule has 2 amide bonds. The van der Waals surface area contributed by atoms with E-state index in [4.69, 9.17) is 11.6 Å². The highest BCUT2D eigenvalue weighted by Crippen LogP contribution is 2.32. The van der Waals surface area contributed by atoms with E-state index in [0.717, 1.165) is 46.1 Å². The van der Waals surface area contributed by atoms with Crippen LogP contribution in [-0.2, 0) is 13.0 Å². The number of amides is 2. The van der Waals surface area contributed by atoms with Gasteiger partial charge in [-0.3, -0.25) is 0 Å². The molecule has 0 saturated carbocycles. The van der Waals surface area contributed by atoms with Gasteiger partial charge in [0.25, 0.3) is 0 Å². The van der Waals surface area contributed by atoms with Crippen molar-refractivity contribution >= 4 is 17.6 Å². The van der Waals surface area contributed by atoms with E-state index in [0.29, 0.717) is 6.54 Å². The monoisotopic (exact) mass is 394 g/mol. The molecule has 5 nitrogen and oxygen atoms in total. The van der Waals surface area contributed by atoms with Gasteiger partial charge in [-0.2, -0.15) is 5.10 Å². The number of para-hydroxylation sites is 1. The molecule has 0 fully saturated rings. The minimum absolute atomic E-state index is 0.0292. The van der Waals surface area contributed by atoms with Crippen LogP contribution in [0.5, 0.6) is 0 Å². The Balaban J connectivity index is 1.42. The molecule has 0 spiro atoms. The Morgan fingerprint density at radius 3 is 2.79 bits per heavy atom. The van der Waals surface area contributed by atoms with Gasteiger partial charge in [0.1, 0.15) is 0 Å². The summed E-state index contributed by atoms with van der Waals surface area (Å²) < 4.78 is 1.92. The van der Waals surface area contributed by atoms with E-state index in [1.807, 2.05) is 67.1 Å². The van der Waals surface area contributed by atoms with Crippen molar-refractivity contribution in [2.24, 2.45) is 0 Å². The number of urea groups is 1. The van der Waals surface area contributed by atoms with E-state index in [1.54, 1.807) is 0 Å². The molecule has 0 bridgehead atoms. The summed E-state index contributed by atoms with van der Waals surface area (Å²) in [6.45, 7) is 4.44. The molecule has 3 aromatic rings. The molecule has 1 unspecified atom stereocenters. The fraction of sp³-hybridized carbons (Fsp3) is 0.273. The summed E-state index contributed by atoms with van der Waals surface area (Å²) in [6, 6.07) is 15.7. The van der Waals surface area contributed by atoms with Crippen LogP contribution in [-0.4, -0.2) is 15.8 Å². The molecule has 4 rings (SSSR count). The highest BCUT2D eigenvalue weighted by atomic mass is 35.5. The summed E-state index contributed by atoms with van der Waals surface area (Å²) in [7, 11) is 0. The van der Waals surface area contributed by atoms with E-state index >= 15 is 0 Å². The van der Waals surface area contributed by atoms with Crippen LogP contribution in [0.25, 0.3) is 5.69 Å². The number of carbonyl (C=O) groups is 1. The van der Waals surface area contributed by atoms with Crippen LogP contribution in [0, 0.1) is 13.8 Å². The molecule has 2 N–H and O–H groups in total. The standard InChI is InChI=1S/C22H23ClN4O/c1-14-20(15(2)27(26-14)18-6-4-3-5-7-18)13-24-22(28)25-21-11-8-16-12-17(23)9-10-19(16)21/h3-7,9-10,12,21H,8,11,13H2,1-2H3,(H2,24,25,28). The number of rotatable bonds is 4. The van der Waals surface area contributed by atoms with Gasteiger partial charge in [-0.25, -0.2) is 9.48 Å². The van der Waals surface area contributed by atoms with E-state index in [1.165, 1.54) is 5.56 Å². The summed E-state index contributed by atoms with van der Waals surface area (Å²) in [6.07, 6.45) is 1.83. The molecule has 0 aliphatic heterocycles. The number of fused-ring (bicyclic) bond motifs is 1. The predicted molar refractivity (Wildman–Crippen MR) is 111 cm³/mol. The molecule has 28 heavy (non-hydrogen) atoms. The van der Waals surface area contributed by atoms with Gasteiger partial charge < -0.3 is 10.6 Å². The first-order valence-electron chi connectivity index (χ1n) is 9.46. The zero-order chi connectivity index (χ0) is 19.7. The average molecular weight is 395 g/mol. The van der Waals surface area contributed by atoms with Gasteiger partial charge in [0.05, 0.1) is 17.4 Å². The number of halogens is 1. The normalized spacial score (nSPS) is 15.3. The number of nitrogens with one attached hydrogen (secondary N) is 2. The van der Waals surface area contributed by atoms with Crippen molar-refractivity contribution in [1.29, 1.82) is 0 Å². The van der Waals surface area contributed by atoms with E-state index < -0.39 is 0 Å². The SMILES string of the molecule is Cc1nn(-c2ccccc2)c(C)c1CNC(=O)NC1CCc2cc(Cl)ccc21. The first kappa shape index (κ1) is 18.6. The zero-order valence-electron chi connectivity index (χ0n) is 16.0. The number of hydrogen-bond donors (Lipinski definition) is 2. The molecule has 1 aliphatic rings. The van der Waals surface area contributed by atoms with Gasteiger partial charge in [0, 0.05) is 22.8 Å². The van der Waals surface area contributed by atoms with E-state index in [9.17, 15) is 4.79 Å². The van der Waals surface area contributed by atoms with E-state index in [2.05, 4.69) is 15.7 Å². The molecular weight excluding hydrogens is 372 g/mol. The summed E-state index contributed by atoms with van der Waals surface area (Å²) in [5.74, 6) is 0. The van der Waals surface area contributed by atoms with Crippen molar-refractivity contribution in [3.8, 4) is 5.69 Å². The van der Waals surface area contributed by atoms with E-state index in [-0.39, 0.29) is 12.1 Å². The van der Waals surface area contributed by atoms with Gasteiger partial charge in [-0.1, -0.05) is 35.9 Å². The number of hydrogen-bond acceptors (Lipinski definition) is 2. The Labute approximate surface area is 169 Å². The lowest BCUT2D eigenvalue weighted by Gasteiger charge is -2.15. The van der Waals surface area contributed by atoms with Crippen LogP contribution in [0.4, 0.5) is 4.79 Å². The second-order valence-corrected chi connectivity index (χ2v) is 7.59. The Morgan fingerprint density at radius 1 is 1.21 bits per heavy atom. The minimum atomic E-state index is -0.168. The third-order valence-electron chi connectivity index (χ3n) is 5.36. The number of aryl methyl sites for hydroxylation is 2. The number of nitrogens with zero attached hydrogens (tertiary/aromatic N) is 2. The molecular formula is C22H23ClN4O. The van der Waals surface area contributed by atoms with Crippen molar-refractivity contribution < 1.29 is 4.79 Å². The minimum Gasteiger partial charge on any atom is -0.334 e. The van der Waals surface area contributed by atoms with Gasteiger partial charge >= 0.3 is 6.03 Å². The summed E-state index contributed by atoms with van der Waals surface area (Å²) >= 11 is 6.06. The summed E-state index contributed by atoms with van der Waals surface area (Å²) in [5, 5.41) is 11.4. The van der Waals surface area contributed by atoms with Crippen molar-refractivity contribution in [1.82, 2.24) is 20.4 Å². The molecule has 2 aromatic carbocycles. The maximum absolute atomic E-state index is 12.5. The second-order valence-electron chi connectivity index (χ2n) is 7.16. The zero-order valence-corrected chi connectivity index (χ0v) is 16.8. The third-order valence-corrected chi connectivity index (χ3v) is 5.59. The highest BCUT2D eigenvalue weighted by molar-refractivity contribution is 6.30. The summed E-state index contributed by atoms with van der Waals surface area (Å²) in [5.41, 5.74) is 6.38. The maximum atomic E-state index is 12.5. The largest absolute Gasteiger partial charge is 0.334 e. The highest BCUT2D eigenvalue weighted by Gasteiger charge is 2.24. The second kappa shape index (κ2) is 7.68. The fourth-order valence-electron chi connectivity index (χ4n) is 3.87. The first-order valence-corrected chi connectivity index (χ1v) is 9.84. The number of benzene rings is 2. The van der Waals surface area contributed by atoms with Crippen LogP contribution >= 0.6 is 11.6 Å². The Kier molecular flexibility index (Phi) is 5.09. The number of aromatic nitrogens is 2. The fourth-order valence-corrected chi connectivity index (χ4v) is 4.06. The van der Waals surface area contributed by atoms with Crippen LogP contribution < -0.4 is 10.6 Å². The van der Waals surface area contributed by atoms with Crippen molar-refractivity contribution in [2.75, 3.05) is 0 Å². The van der Waals surface area contributed by atoms with Crippen LogP contribution in [0.3, 0.4) is 0 Å². The average Bonchev–Trinajstić information content (AvgIpc) is 3.21. The lowest BCUT2D eigenvalue weighted by atomic mass is 10.1. The molecule has 1 aromatic heterocycles. The van der Waals surface area contributed by atoms with Crippen LogP contribution in [0.15, 0.2) is 48.5 Å². The lowest BCUT2D eigenvalue weighted by Crippen LogP contribution is -2.37. The Morgan fingerprint density at radius 2 is 2.00 bits per heavy atom. The molecule has 1 heterocycles. The van der Waals surface area contributed by atoms with Crippen LogP contribution in [0.1, 0.15) is 40.5 Å². The molecule has 0 radical (unpaired) electrons. The smallest absolute Gasteiger partial charge is 0.315 e. The van der Waals surface area contributed by atoms with Gasteiger partial charge in [0.2, 0.25) is 0 Å². The molecule has 1 aliphatic carbocycles. The first-order chi connectivity index (χ1) is 13.5. The van der Waals surface area contributed by atoms with Gasteiger partial charge in [-0.15, -0.1) is 0 Å². The van der Waals surface area contributed by atoms with Crippen molar-refractivity contribution in [2.45, 2.75) is 39.3 Å². The quantitative estimate of drug-likeness (QED) is 0.677. The number of carbonyl (C=O) groups excluding carboxylic acids is 1. The van der Waals surface area contributed by atoms with Gasteiger partial charge in [-0.05, 0) is 62.1 Å². The summed E-state index contributed by atoms with van der Waals surface area (Å²) in [4.78, 5) is 12.5. The Hall–Kier alpha value is -2.79. The molecule has 0 saturated heterocycles. The maximum Gasteiger partial charge on any atom is 0.315 e. The van der Waals surface area contributed by atoms with Gasteiger partial charge in [0.15, 0.2) is 0 Å². The topological polar surface area (TPSA) is 59.0 Å². The lowest BCUT2D eigenvalue weighted by molar-refractivity contribution is 0.236. The molecule has 1 atom stereocenters. The third kappa shape index (κ3) is 3.62. The molecule has 6 heteroatoms. The molecule has 144 valence electrons. The van der Waals surface area contributed by atoms with Crippen molar-refractivity contribution in [3.05, 3.63) is 81.6 Å². The van der Waals surface area contributed by atoms with Crippen molar-refractivity contribution in [3.63, 3.8) is 0 Å².